The van der Waals surface area contributed by atoms with Crippen molar-refractivity contribution in [3.05, 3.63) is 0 Å². The van der Waals surface area contributed by atoms with Crippen molar-refractivity contribution in [3.63, 3.8) is 0 Å². The fourth-order valence-electron chi connectivity index (χ4n) is 0.787. The van der Waals surface area contributed by atoms with E-state index in [1.807, 2.05) is 13.8 Å². The van der Waals surface area contributed by atoms with Crippen LogP contribution in [-0.4, -0.2) is 38.8 Å². The molecule has 0 heterocycles. The molecule has 12 heavy (non-hydrogen) atoms. The van der Waals surface area contributed by atoms with Crippen LogP contribution >= 0.6 is 0 Å². The van der Waals surface area contributed by atoms with Crippen molar-refractivity contribution in [2.24, 2.45) is 0 Å². The molecule has 0 aromatic carbocycles. The van der Waals surface area contributed by atoms with Crippen molar-refractivity contribution < 1.29 is 4.74 Å². The summed E-state index contributed by atoms with van der Waals surface area (Å²) in [5, 5.41) is 0. The Bertz CT molecular complexity index is 58.9. The predicted octanol–water partition coefficient (Wildman–Crippen LogP) is 2.39. The molecule has 2 heteroatoms. The van der Waals surface area contributed by atoms with E-state index in [4.69, 9.17) is 4.74 Å². The SMILES string of the molecule is CC.CCCCN(C)CCOC. The Kier molecular flexibility index (Phi) is 16.3. The van der Waals surface area contributed by atoms with Crippen LogP contribution in [0.5, 0.6) is 0 Å². The zero-order valence-electron chi connectivity index (χ0n) is 9.39. The molecule has 0 radical (unpaired) electrons. The summed E-state index contributed by atoms with van der Waals surface area (Å²) >= 11 is 0. The van der Waals surface area contributed by atoms with Gasteiger partial charge in [0.15, 0.2) is 0 Å². The van der Waals surface area contributed by atoms with Gasteiger partial charge >= 0.3 is 0 Å². The largest absolute Gasteiger partial charge is 0.383 e. The third-order valence-corrected chi connectivity index (χ3v) is 1.57. The molecule has 76 valence electrons. The van der Waals surface area contributed by atoms with Gasteiger partial charge in [0.2, 0.25) is 0 Å². The van der Waals surface area contributed by atoms with Gasteiger partial charge < -0.3 is 9.64 Å². The summed E-state index contributed by atoms with van der Waals surface area (Å²) in [6.07, 6.45) is 2.57. The van der Waals surface area contributed by atoms with E-state index in [0.29, 0.717) is 0 Å². The highest BCUT2D eigenvalue weighted by atomic mass is 16.5. The van der Waals surface area contributed by atoms with Gasteiger partial charge in [0.25, 0.3) is 0 Å². The summed E-state index contributed by atoms with van der Waals surface area (Å²) < 4.78 is 4.95. The van der Waals surface area contributed by atoms with Crippen molar-refractivity contribution in [3.8, 4) is 0 Å². The molecular weight excluding hydrogens is 150 g/mol. The van der Waals surface area contributed by atoms with Gasteiger partial charge in [0.1, 0.15) is 0 Å². The molecule has 0 bridgehead atoms. The highest BCUT2D eigenvalue weighted by Crippen LogP contribution is 1.90. The minimum absolute atomic E-state index is 0.847. The maximum atomic E-state index is 4.95. The van der Waals surface area contributed by atoms with Gasteiger partial charge in [-0.2, -0.15) is 0 Å². The predicted molar refractivity (Wildman–Crippen MR) is 55.6 cm³/mol. The Morgan fingerprint density at radius 1 is 1.17 bits per heavy atom. The van der Waals surface area contributed by atoms with Crippen LogP contribution in [0.25, 0.3) is 0 Å². The van der Waals surface area contributed by atoms with Gasteiger partial charge in [-0.1, -0.05) is 27.2 Å². The van der Waals surface area contributed by atoms with Gasteiger partial charge in [-0.15, -0.1) is 0 Å². The van der Waals surface area contributed by atoms with Crippen LogP contribution in [0.15, 0.2) is 0 Å². The van der Waals surface area contributed by atoms with Crippen LogP contribution in [-0.2, 0) is 4.74 Å². The number of likely N-dealkylation sites (N-methyl/N-ethyl adjacent to an activating group) is 1. The molecule has 0 N–H and O–H groups in total. The fourth-order valence-corrected chi connectivity index (χ4v) is 0.787. The lowest BCUT2D eigenvalue weighted by molar-refractivity contribution is 0.160. The van der Waals surface area contributed by atoms with E-state index < -0.39 is 0 Å². The molecule has 0 aliphatic rings. The van der Waals surface area contributed by atoms with E-state index >= 15 is 0 Å². The van der Waals surface area contributed by atoms with Crippen molar-refractivity contribution in [2.75, 3.05) is 33.9 Å². The normalized spacial score (nSPS) is 9.50. The third-order valence-electron chi connectivity index (χ3n) is 1.57. The Morgan fingerprint density at radius 3 is 2.17 bits per heavy atom. The molecule has 0 atom stereocenters. The van der Waals surface area contributed by atoms with Crippen molar-refractivity contribution >= 4 is 0 Å². The molecule has 0 amide bonds. The molecular formula is C10H25NO. The first-order valence-electron chi connectivity index (χ1n) is 4.98. The lowest BCUT2D eigenvalue weighted by Gasteiger charge is -2.14. The Morgan fingerprint density at radius 2 is 1.75 bits per heavy atom. The summed E-state index contributed by atoms with van der Waals surface area (Å²) in [5.74, 6) is 0. The van der Waals surface area contributed by atoms with Crippen LogP contribution in [0.2, 0.25) is 0 Å². The van der Waals surface area contributed by atoms with Crippen LogP contribution in [0.1, 0.15) is 33.6 Å². The Hall–Kier alpha value is -0.0800. The van der Waals surface area contributed by atoms with Crippen LogP contribution in [0.4, 0.5) is 0 Å². The van der Waals surface area contributed by atoms with Gasteiger partial charge in [-0.05, 0) is 20.0 Å². The van der Waals surface area contributed by atoms with E-state index in [9.17, 15) is 0 Å². The summed E-state index contributed by atoms with van der Waals surface area (Å²) in [6.45, 7) is 9.31. The molecule has 0 fully saturated rings. The molecule has 0 spiro atoms. The summed E-state index contributed by atoms with van der Waals surface area (Å²) in [5.41, 5.74) is 0. The first kappa shape index (κ1) is 14.4. The lowest BCUT2D eigenvalue weighted by atomic mass is 10.3. The number of rotatable bonds is 6. The topological polar surface area (TPSA) is 12.5 Å². The highest BCUT2D eigenvalue weighted by Gasteiger charge is 1.94. The Labute approximate surface area is 77.9 Å². The zero-order chi connectivity index (χ0) is 9.82. The van der Waals surface area contributed by atoms with Crippen LogP contribution in [0.3, 0.4) is 0 Å². The summed E-state index contributed by atoms with van der Waals surface area (Å²) in [4.78, 5) is 2.30. The number of hydrogen-bond acceptors (Lipinski definition) is 2. The van der Waals surface area contributed by atoms with E-state index in [-0.39, 0.29) is 0 Å². The number of nitrogens with zero attached hydrogens (tertiary/aromatic N) is 1. The van der Waals surface area contributed by atoms with Gasteiger partial charge in [0, 0.05) is 13.7 Å². The molecule has 0 unspecified atom stereocenters. The second-order valence-electron chi connectivity index (χ2n) is 2.65. The molecule has 0 aliphatic heterocycles. The third kappa shape index (κ3) is 12.6. The fraction of sp³-hybridized carbons (Fsp3) is 1.00. The number of methoxy groups -OCH3 is 1. The quantitative estimate of drug-likeness (QED) is 0.614. The van der Waals surface area contributed by atoms with E-state index in [1.54, 1.807) is 7.11 Å². The van der Waals surface area contributed by atoms with Crippen molar-refractivity contribution in [1.29, 1.82) is 0 Å². The van der Waals surface area contributed by atoms with Crippen LogP contribution < -0.4 is 0 Å². The molecule has 0 aliphatic carbocycles. The molecule has 0 saturated heterocycles. The van der Waals surface area contributed by atoms with E-state index in [0.717, 1.165) is 13.2 Å². The Balaban J connectivity index is 0. The smallest absolute Gasteiger partial charge is 0.0589 e. The first-order valence-corrected chi connectivity index (χ1v) is 4.98. The highest BCUT2D eigenvalue weighted by molar-refractivity contribution is 4.48. The molecule has 0 aromatic heterocycles. The van der Waals surface area contributed by atoms with E-state index in [1.165, 1.54) is 19.4 Å². The van der Waals surface area contributed by atoms with Crippen LogP contribution in [0, 0.1) is 0 Å². The second kappa shape index (κ2) is 13.5. The molecule has 2 nitrogen and oxygen atoms in total. The maximum absolute atomic E-state index is 4.95. The van der Waals surface area contributed by atoms with Crippen molar-refractivity contribution in [1.82, 2.24) is 4.90 Å². The first-order chi connectivity index (χ1) is 5.81. The molecule has 0 saturated carbocycles. The number of hydrogen-bond donors (Lipinski definition) is 0. The number of ether oxygens (including phenoxy) is 1. The van der Waals surface area contributed by atoms with Gasteiger partial charge in [-0.3, -0.25) is 0 Å². The lowest BCUT2D eigenvalue weighted by Crippen LogP contribution is -2.23. The van der Waals surface area contributed by atoms with Gasteiger partial charge in [-0.25, -0.2) is 0 Å². The minimum Gasteiger partial charge on any atom is -0.383 e. The minimum atomic E-state index is 0.847. The average Bonchev–Trinajstić information content (AvgIpc) is 2.14. The summed E-state index contributed by atoms with van der Waals surface area (Å²) in [7, 11) is 3.88. The van der Waals surface area contributed by atoms with Gasteiger partial charge in [0.05, 0.1) is 6.61 Å². The second-order valence-corrected chi connectivity index (χ2v) is 2.65. The van der Waals surface area contributed by atoms with Crippen molar-refractivity contribution in [2.45, 2.75) is 33.6 Å². The maximum Gasteiger partial charge on any atom is 0.0589 e. The molecule has 0 aromatic rings. The standard InChI is InChI=1S/C8H19NO.C2H6/c1-4-5-6-9(2)7-8-10-3;1-2/h4-8H2,1-3H3;1-2H3. The average molecular weight is 175 g/mol. The molecule has 0 rings (SSSR count). The zero-order valence-corrected chi connectivity index (χ0v) is 9.39. The van der Waals surface area contributed by atoms with E-state index in [2.05, 4.69) is 18.9 Å². The number of unbranched alkanes of at least 4 members (excludes halogenated alkanes) is 1. The summed E-state index contributed by atoms with van der Waals surface area (Å²) in [6, 6.07) is 0. The monoisotopic (exact) mass is 175 g/mol.